The first-order chi connectivity index (χ1) is 17.1. The lowest BCUT2D eigenvalue weighted by atomic mass is 10.1. The number of sulfonamides is 1. The van der Waals surface area contributed by atoms with E-state index in [2.05, 4.69) is 10.2 Å². The average Bonchev–Trinajstić information content (AvgIpc) is 3.13. The maximum absolute atomic E-state index is 13.4. The van der Waals surface area contributed by atoms with Gasteiger partial charge in [0.25, 0.3) is 5.91 Å². The highest BCUT2D eigenvalue weighted by molar-refractivity contribution is 7.90. The van der Waals surface area contributed by atoms with Gasteiger partial charge < -0.3 is 15.0 Å². The second-order valence-corrected chi connectivity index (χ2v) is 13.3. The summed E-state index contributed by atoms with van der Waals surface area (Å²) in [4.78, 5) is 15.7. The van der Waals surface area contributed by atoms with Gasteiger partial charge in [0.2, 0.25) is 10.0 Å². The Morgan fingerprint density at radius 2 is 1.50 bits per heavy atom. The van der Waals surface area contributed by atoms with Crippen LogP contribution in [0.4, 0.5) is 11.4 Å². The number of benzene rings is 2. The van der Waals surface area contributed by atoms with Crippen LogP contribution in [0.1, 0.15) is 41.6 Å². The predicted octanol–water partition coefficient (Wildman–Crippen LogP) is 3.05. The van der Waals surface area contributed by atoms with E-state index < -0.39 is 25.8 Å². The molecule has 0 aliphatic carbocycles. The van der Waals surface area contributed by atoms with E-state index in [0.717, 1.165) is 50.7 Å². The van der Waals surface area contributed by atoms with Gasteiger partial charge in [-0.1, -0.05) is 18.9 Å². The van der Waals surface area contributed by atoms with E-state index in [0.29, 0.717) is 24.5 Å². The third kappa shape index (κ3) is 5.91. The van der Waals surface area contributed by atoms with Crippen molar-refractivity contribution in [3.05, 3.63) is 47.5 Å². The van der Waals surface area contributed by atoms with Crippen LogP contribution in [0.2, 0.25) is 0 Å². The van der Waals surface area contributed by atoms with Crippen molar-refractivity contribution in [2.24, 2.45) is 0 Å². The minimum Gasteiger partial charge on any atom is -0.379 e. The fourth-order valence-corrected chi connectivity index (χ4v) is 6.65. The molecule has 0 aromatic heterocycles. The first-order valence-electron chi connectivity index (χ1n) is 12.2. The Kier molecular flexibility index (Phi) is 8.03. The summed E-state index contributed by atoms with van der Waals surface area (Å²) < 4.78 is 57.5. The Morgan fingerprint density at radius 1 is 0.861 bits per heavy atom. The van der Waals surface area contributed by atoms with Crippen LogP contribution in [0.5, 0.6) is 0 Å². The molecule has 2 aromatic carbocycles. The van der Waals surface area contributed by atoms with Crippen LogP contribution in [-0.4, -0.2) is 72.7 Å². The Balaban J connectivity index is 1.73. The van der Waals surface area contributed by atoms with E-state index in [4.69, 9.17) is 4.74 Å². The summed E-state index contributed by atoms with van der Waals surface area (Å²) in [5.74, 6) is -0.491. The average molecular weight is 536 g/mol. The van der Waals surface area contributed by atoms with Crippen molar-refractivity contribution in [2.45, 2.75) is 42.4 Å². The normalized spacial score (nSPS) is 18.0. The Labute approximate surface area is 213 Å². The molecule has 0 bridgehead atoms. The lowest BCUT2D eigenvalue weighted by Crippen LogP contribution is -2.40. The van der Waals surface area contributed by atoms with Crippen LogP contribution in [0.15, 0.2) is 46.2 Å². The number of nitrogens with zero attached hydrogens (tertiary/aromatic N) is 2. The molecule has 0 spiro atoms. The molecular formula is C25H33N3O6S2. The smallest absolute Gasteiger partial charge is 0.256 e. The maximum Gasteiger partial charge on any atom is 0.256 e. The summed E-state index contributed by atoms with van der Waals surface area (Å²) >= 11 is 0. The van der Waals surface area contributed by atoms with Gasteiger partial charge >= 0.3 is 0 Å². The van der Waals surface area contributed by atoms with Gasteiger partial charge in [0.15, 0.2) is 9.84 Å². The molecule has 2 fully saturated rings. The van der Waals surface area contributed by atoms with Gasteiger partial charge in [-0.2, -0.15) is 4.31 Å². The number of ether oxygens (including phenoxy) is 1. The highest BCUT2D eigenvalue weighted by atomic mass is 32.2. The first kappa shape index (κ1) is 26.6. The third-order valence-electron chi connectivity index (χ3n) is 6.65. The summed E-state index contributed by atoms with van der Waals surface area (Å²) in [5.41, 5.74) is 1.98. The SMILES string of the molecule is Cc1ccc(S(C)(=O)=O)cc1C(=O)Nc1cc(S(=O)(=O)N2CCOCC2)ccc1N1CCCCCC1. The van der Waals surface area contributed by atoms with Crippen molar-refractivity contribution in [3.63, 3.8) is 0 Å². The van der Waals surface area contributed by atoms with Crippen LogP contribution < -0.4 is 10.2 Å². The zero-order chi connectivity index (χ0) is 25.9. The molecule has 2 aliphatic rings. The summed E-state index contributed by atoms with van der Waals surface area (Å²) in [6.45, 7) is 4.57. The first-order valence-corrected chi connectivity index (χ1v) is 15.5. The molecule has 0 saturated carbocycles. The number of nitrogens with one attached hydrogen (secondary N) is 1. The number of morpholine rings is 1. The third-order valence-corrected chi connectivity index (χ3v) is 9.66. The number of hydrogen-bond donors (Lipinski definition) is 1. The Bertz CT molecular complexity index is 1330. The number of carbonyl (C=O) groups is 1. The highest BCUT2D eigenvalue weighted by Crippen LogP contribution is 2.33. The summed E-state index contributed by atoms with van der Waals surface area (Å²) in [6, 6.07) is 9.29. The van der Waals surface area contributed by atoms with E-state index in [-0.39, 0.29) is 28.4 Å². The molecule has 0 radical (unpaired) electrons. The van der Waals surface area contributed by atoms with E-state index >= 15 is 0 Å². The molecular weight excluding hydrogens is 502 g/mol. The molecule has 2 saturated heterocycles. The Hall–Kier alpha value is -2.47. The number of sulfone groups is 1. The molecule has 0 unspecified atom stereocenters. The lowest BCUT2D eigenvalue weighted by molar-refractivity contribution is 0.0730. The van der Waals surface area contributed by atoms with E-state index in [1.807, 2.05) is 0 Å². The topological polar surface area (TPSA) is 113 Å². The van der Waals surface area contributed by atoms with Gasteiger partial charge in [-0.15, -0.1) is 0 Å². The van der Waals surface area contributed by atoms with Crippen molar-refractivity contribution < 1.29 is 26.4 Å². The molecule has 0 atom stereocenters. The van der Waals surface area contributed by atoms with Crippen LogP contribution >= 0.6 is 0 Å². The predicted molar refractivity (Wildman–Crippen MR) is 139 cm³/mol. The molecule has 196 valence electrons. The van der Waals surface area contributed by atoms with Gasteiger partial charge in [-0.05, 0) is 55.7 Å². The molecule has 9 nitrogen and oxygen atoms in total. The maximum atomic E-state index is 13.4. The highest BCUT2D eigenvalue weighted by Gasteiger charge is 2.28. The molecule has 2 aliphatic heterocycles. The number of aryl methyl sites for hydroxylation is 1. The fourth-order valence-electron chi connectivity index (χ4n) is 4.57. The monoisotopic (exact) mass is 535 g/mol. The second kappa shape index (κ2) is 10.9. The number of carbonyl (C=O) groups excluding carboxylic acids is 1. The standard InChI is InChI=1S/C25H33N3O6S2/c1-19-7-8-20(35(2,30)31)17-22(19)25(29)26-23-18-21(36(32,33)28-13-15-34-16-14-28)9-10-24(23)27-11-5-3-4-6-12-27/h7-10,17-18H,3-6,11-16H2,1-2H3,(H,26,29). The minimum atomic E-state index is -3.77. The molecule has 1 N–H and O–H groups in total. The summed E-state index contributed by atoms with van der Waals surface area (Å²) in [7, 11) is -7.27. The van der Waals surface area contributed by atoms with Crippen molar-refractivity contribution in [3.8, 4) is 0 Å². The second-order valence-electron chi connectivity index (χ2n) is 9.30. The molecule has 2 heterocycles. The lowest BCUT2D eigenvalue weighted by Gasteiger charge is -2.28. The number of amides is 1. The van der Waals surface area contributed by atoms with Gasteiger partial charge in [-0.3, -0.25) is 4.79 Å². The van der Waals surface area contributed by atoms with E-state index in [1.54, 1.807) is 25.1 Å². The molecule has 36 heavy (non-hydrogen) atoms. The number of anilines is 2. The molecule has 11 heteroatoms. The van der Waals surface area contributed by atoms with Crippen LogP contribution in [0.25, 0.3) is 0 Å². The molecule has 2 aromatic rings. The van der Waals surface area contributed by atoms with Gasteiger partial charge in [0, 0.05) is 38.0 Å². The van der Waals surface area contributed by atoms with Gasteiger partial charge in [-0.25, -0.2) is 16.8 Å². The fraction of sp³-hybridized carbons (Fsp3) is 0.480. The van der Waals surface area contributed by atoms with Gasteiger partial charge in [0.1, 0.15) is 0 Å². The molecule has 4 rings (SSSR count). The summed E-state index contributed by atoms with van der Waals surface area (Å²) in [5, 5.41) is 2.90. The van der Waals surface area contributed by atoms with Crippen molar-refractivity contribution in [2.75, 3.05) is 55.9 Å². The van der Waals surface area contributed by atoms with Gasteiger partial charge in [0.05, 0.1) is 34.4 Å². The molecule has 1 amide bonds. The summed E-state index contributed by atoms with van der Waals surface area (Å²) in [6.07, 6.45) is 5.36. The zero-order valence-electron chi connectivity index (χ0n) is 20.7. The quantitative estimate of drug-likeness (QED) is 0.605. The largest absolute Gasteiger partial charge is 0.379 e. The van der Waals surface area contributed by atoms with Crippen LogP contribution in [0, 0.1) is 6.92 Å². The van der Waals surface area contributed by atoms with Crippen molar-refractivity contribution >= 4 is 37.1 Å². The van der Waals surface area contributed by atoms with Crippen molar-refractivity contribution in [1.82, 2.24) is 4.31 Å². The Morgan fingerprint density at radius 3 is 2.14 bits per heavy atom. The van der Waals surface area contributed by atoms with Crippen LogP contribution in [-0.2, 0) is 24.6 Å². The van der Waals surface area contributed by atoms with Crippen molar-refractivity contribution in [1.29, 1.82) is 0 Å². The minimum absolute atomic E-state index is 0.0506. The van der Waals surface area contributed by atoms with Crippen LogP contribution in [0.3, 0.4) is 0 Å². The zero-order valence-corrected chi connectivity index (χ0v) is 22.3. The van der Waals surface area contributed by atoms with E-state index in [1.165, 1.54) is 22.5 Å². The number of rotatable bonds is 6. The van der Waals surface area contributed by atoms with E-state index in [9.17, 15) is 21.6 Å². The number of hydrogen-bond acceptors (Lipinski definition) is 7.